The monoisotopic (exact) mass is 437 g/mol. The highest BCUT2D eigenvalue weighted by molar-refractivity contribution is 6.30. The van der Waals surface area contributed by atoms with Crippen molar-refractivity contribution < 1.29 is 22.8 Å². The lowest BCUT2D eigenvalue weighted by Crippen LogP contribution is -2.23. The zero-order valence-corrected chi connectivity index (χ0v) is 17.0. The van der Waals surface area contributed by atoms with E-state index in [0.29, 0.717) is 21.8 Å². The molecule has 0 atom stereocenters. The molecule has 0 aliphatic heterocycles. The molecule has 0 saturated carbocycles. The number of hydrogen-bond acceptors (Lipinski definition) is 3. The van der Waals surface area contributed by atoms with Crippen molar-refractivity contribution in [3.05, 3.63) is 82.1 Å². The molecule has 1 N–H and O–H groups in total. The van der Waals surface area contributed by atoms with Crippen LogP contribution in [0.25, 0.3) is 5.69 Å². The van der Waals surface area contributed by atoms with Crippen LogP contribution in [-0.2, 0) is 17.5 Å². The fourth-order valence-corrected chi connectivity index (χ4v) is 2.74. The van der Waals surface area contributed by atoms with Crippen molar-refractivity contribution in [1.82, 2.24) is 15.1 Å². The number of aromatic nitrogens is 2. The smallest absolute Gasteiger partial charge is 0.348 e. The van der Waals surface area contributed by atoms with E-state index in [2.05, 4.69) is 10.4 Å². The van der Waals surface area contributed by atoms with Gasteiger partial charge in [-0.05, 0) is 55.8 Å². The number of carbonyl (C=O) groups excluding carboxylic acids is 2. The van der Waals surface area contributed by atoms with E-state index in [-0.39, 0.29) is 6.54 Å². The van der Waals surface area contributed by atoms with Crippen molar-refractivity contribution in [3.8, 4) is 5.69 Å². The highest BCUT2D eigenvalue weighted by atomic mass is 35.5. The largest absolute Gasteiger partial charge is 0.416 e. The minimum atomic E-state index is -4.42. The SMILES string of the molecule is CC=O.Cc1c(C(=O)NCc2cccc(C(F)(F)F)c2)cnn1-c1ccc(Cl)cc1. The predicted molar refractivity (Wildman–Crippen MR) is 108 cm³/mol. The Bertz CT molecular complexity index is 1020. The normalized spacial score (nSPS) is 10.7. The Kier molecular flexibility index (Phi) is 7.77. The minimum Gasteiger partial charge on any atom is -0.348 e. The van der Waals surface area contributed by atoms with E-state index >= 15 is 0 Å². The number of hydrogen-bond donors (Lipinski definition) is 1. The number of carbonyl (C=O) groups is 2. The first-order valence-electron chi connectivity index (χ1n) is 8.82. The van der Waals surface area contributed by atoms with Gasteiger partial charge in [0.2, 0.25) is 0 Å². The molecule has 1 amide bonds. The first-order chi connectivity index (χ1) is 14.2. The summed E-state index contributed by atoms with van der Waals surface area (Å²) in [6.45, 7) is 3.16. The summed E-state index contributed by atoms with van der Waals surface area (Å²) in [4.78, 5) is 21.2. The second kappa shape index (κ2) is 10.1. The minimum absolute atomic E-state index is 0.0195. The molecule has 0 unspecified atom stereocenters. The van der Waals surface area contributed by atoms with Crippen LogP contribution in [0.5, 0.6) is 0 Å². The first-order valence-corrected chi connectivity index (χ1v) is 9.19. The fourth-order valence-electron chi connectivity index (χ4n) is 2.61. The van der Waals surface area contributed by atoms with Crippen LogP contribution >= 0.6 is 11.6 Å². The van der Waals surface area contributed by atoms with Gasteiger partial charge in [-0.25, -0.2) is 4.68 Å². The molecule has 0 aliphatic rings. The summed E-state index contributed by atoms with van der Waals surface area (Å²) in [7, 11) is 0. The van der Waals surface area contributed by atoms with Gasteiger partial charge in [0, 0.05) is 11.6 Å². The van der Waals surface area contributed by atoms with Crippen LogP contribution in [0.4, 0.5) is 13.2 Å². The lowest BCUT2D eigenvalue weighted by Gasteiger charge is -2.10. The van der Waals surface area contributed by atoms with Gasteiger partial charge in [-0.2, -0.15) is 18.3 Å². The van der Waals surface area contributed by atoms with E-state index < -0.39 is 17.6 Å². The summed E-state index contributed by atoms with van der Waals surface area (Å²) < 4.78 is 39.9. The van der Waals surface area contributed by atoms with Gasteiger partial charge in [0.05, 0.1) is 28.7 Å². The van der Waals surface area contributed by atoms with Crippen LogP contribution in [0.2, 0.25) is 5.02 Å². The van der Waals surface area contributed by atoms with Gasteiger partial charge >= 0.3 is 6.18 Å². The molecular weight excluding hydrogens is 419 g/mol. The van der Waals surface area contributed by atoms with Crippen molar-refractivity contribution >= 4 is 23.8 Å². The van der Waals surface area contributed by atoms with E-state index in [0.717, 1.165) is 24.1 Å². The Morgan fingerprint density at radius 1 is 1.20 bits per heavy atom. The maximum atomic E-state index is 12.8. The Morgan fingerprint density at radius 3 is 2.43 bits per heavy atom. The van der Waals surface area contributed by atoms with Crippen molar-refractivity contribution in [2.75, 3.05) is 0 Å². The average Bonchev–Trinajstić information content (AvgIpc) is 3.08. The van der Waals surface area contributed by atoms with Crippen LogP contribution in [0.15, 0.2) is 54.7 Å². The molecule has 9 heteroatoms. The molecule has 3 rings (SSSR count). The molecular formula is C21H19ClF3N3O2. The zero-order valence-electron chi connectivity index (χ0n) is 16.2. The fraction of sp³-hybridized carbons (Fsp3) is 0.190. The van der Waals surface area contributed by atoms with Crippen molar-refractivity contribution in [2.24, 2.45) is 0 Å². The highest BCUT2D eigenvalue weighted by Gasteiger charge is 2.30. The number of nitrogens with one attached hydrogen (secondary N) is 1. The highest BCUT2D eigenvalue weighted by Crippen LogP contribution is 2.29. The molecule has 5 nitrogen and oxygen atoms in total. The van der Waals surface area contributed by atoms with Crippen molar-refractivity contribution in [2.45, 2.75) is 26.6 Å². The molecule has 1 aromatic heterocycles. The van der Waals surface area contributed by atoms with E-state index in [1.807, 2.05) is 0 Å². The van der Waals surface area contributed by atoms with Gasteiger partial charge in [0.1, 0.15) is 6.29 Å². The van der Waals surface area contributed by atoms with Gasteiger partial charge in [0.25, 0.3) is 5.91 Å². The number of benzene rings is 2. The van der Waals surface area contributed by atoms with E-state index in [9.17, 15) is 18.0 Å². The maximum absolute atomic E-state index is 12.8. The van der Waals surface area contributed by atoms with Gasteiger partial charge in [-0.1, -0.05) is 23.7 Å². The second-order valence-corrected chi connectivity index (χ2v) is 6.58. The van der Waals surface area contributed by atoms with Crippen molar-refractivity contribution in [1.29, 1.82) is 0 Å². The van der Waals surface area contributed by atoms with Gasteiger partial charge in [0.15, 0.2) is 0 Å². The topological polar surface area (TPSA) is 64.0 Å². The molecule has 3 aromatic rings. The Balaban J connectivity index is 0.00000101. The van der Waals surface area contributed by atoms with Crippen LogP contribution in [0.3, 0.4) is 0 Å². The summed E-state index contributed by atoms with van der Waals surface area (Å²) in [5.74, 6) is -0.412. The summed E-state index contributed by atoms with van der Waals surface area (Å²) in [5, 5.41) is 7.42. The molecule has 0 fully saturated rings. The number of nitrogens with zero attached hydrogens (tertiary/aromatic N) is 2. The Hall–Kier alpha value is -3.13. The second-order valence-electron chi connectivity index (χ2n) is 6.15. The van der Waals surface area contributed by atoms with Gasteiger partial charge in [-0.15, -0.1) is 0 Å². The number of alkyl halides is 3. The maximum Gasteiger partial charge on any atom is 0.416 e. The standard InChI is InChI=1S/C19H15ClF3N3O.C2H4O/c1-12-17(11-25-26(12)16-7-5-15(20)6-8-16)18(27)24-10-13-3-2-4-14(9-13)19(21,22)23;1-2-3/h2-9,11H,10H2,1H3,(H,24,27);2H,1H3. The Labute approximate surface area is 176 Å². The predicted octanol–water partition coefficient (Wildman–Crippen LogP) is 4.99. The third-order valence-corrected chi connectivity index (χ3v) is 4.28. The lowest BCUT2D eigenvalue weighted by atomic mass is 10.1. The van der Waals surface area contributed by atoms with Gasteiger partial charge in [-0.3, -0.25) is 4.79 Å². The lowest BCUT2D eigenvalue weighted by molar-refractivity contribution is -0.137. The summed E-state index contributed by atoms with van der Waals surface area (Å²) in [6.07, 6.45) is -2.25. The molecule has 2 aromatic carbocycles. The molecule has 0 bridgehead atoms. The van der Waals surface area contributed by atoms with Gasteiger partial charge < -0.3 is 10.1 Å². The first kappa shape index (κ1) is 23.2. The summed E-state index contributed by atoms with van der Waals surface area (Å²) in [6, 6.07) is 11.8. The molecule has 0 aliphatic carbocycles. The summed E-state index contributed by atoms with van der Waals surface area (Å²) >= 11 is 5.87. The molecule has 0 radical (unpaired) electrons. The van der Waals surface area contributed by atoms with Crippen LogP contribution in [0, 0.1) is 6.92 Å². The quantitative estimate of drug-likeness (QED) is 0.585. The van der Waals surface area contributed by atoms with Crippen LogP contribution in [-0.4, -0.2) is 22.0 Å². The Morgan fingerprint density at radius 2 is 1.83 bits per heavy atom. The van der Waals surface area contributed by atoms with E-state index in [4.69, 9.17) is 16.4 Å². The third kappa shape index (κ3) is 5.93. The van der Waals surface area contributed by atoms with Crippen molar-refractivity contribution in [3.63, 3.8) is 0 Å². The summed E-state index contributed by atoms with van der Waals surface area (Å²) in [5.41, 5.74) is 1.31. The molecule has 30 heavy (non-hydrogen) atoms. The molecule has 0 spiro atoms. The number of halogens is 4. The molecule has 1 heterocycles. The number of aldehydes is 1. The molecule has 158 valence electrons. The number of amides is 1. The number of rotatable bonds is 4. The average molecular weight is 438 g/mol. The van der Waals surface area contributed by atoms with Crippen LogP contribution in [0.1, 0.15) is 34.1 Å². The van der Waals surface area contributed by atoms with Crippen LogP contribution < -0.4 is 5.32 Å². The van der Waals surface area contributed by atoms with E-state index in [1.54, 1.807) is 35.9 Å². The molecule has 0 saturated heterocycles. The zero-order chi connectivity index (χ0) is 22.3. The third-order valence-electron chi connectivity index (χ3n) is 4.03. The van der Waals surface area contributed by atoms with E-state index in [1.165, 1.54) is 25.3 Å².